The van der Waals surface area contributed by atoms with Crippen LogP contribution in [-0.2, 0) is 11.2 Å². The summed E-state index contributed by atoms with van der Waals surface area (Å²) in [5.41, 5.74) is 2.15. The molecule has 2 aromatic carbocycles. The van der Waals surface area contributed by atoms with Crippen molar-refractivity contribution < 1.29 is 24.2 Å². The quantitative estimate of drug-likeness (QED) is 0.855. The average Bonchev–Trinajstić information content (AvgIpc) is 3.07. The van der Waals surface area contributed by atoms with E-state index in [1.165, 1.54) is 7.11 Å². The number of fused-ring (bicyclic) bond motifs is 1. The van der Waals surface area contributed by atoms with Crippen LogP contribution in [0.1, 0.15) is 39.9 Å². The number of benzene rings is 2. The van der Waals surface area contributed by atoms with Crippen molar-refractivity contribution in [2.45, 2.75) is 19.3 Å². The van der Waals surface area contributed by atoms with Crippen LogP contribution in [0, 0.1) is 0 Å². The molecule has 0 amide bonds. The minimum atomic E-state index is -0.967. The highest BCUT2D eigenvalue weighted by Gasteiger charge is 2.31. The number of aliphatic carboxylic acids is 1. The number of carbonyl (C=O) groups excluding carboxylic acids is 1. The minimum absolute atomic E-state index is 0.231. The van der Waals surface area contributed by atoms with Gasteiger partial charge < -0.3 is 14.6 Å². The predicted octanol–water partition coefficient (Wildman–Crippen LogP) is 3.05. The highest BCUT2D eigenvalue weighted by atomic mass is 16.5. The molecule has 1 aliphatic rings. The Labute approximate surface area is 139 Å². The summed E-state index contributed by atoms with van der Waals surface area (Å²) in [6, 6.07) is 10.6. The SMILES string of the molecule is COc1c(C(C)C(=O)O)cc2c(c1C(=O)c1ccccc1)OCC2. The zero-order valence-corrected chi connectivity index (χ0v) is 13.5. The lowest BCUT2D eigenvalue weighted by Crippen LogP contribution is -2.13. The largest absolute Gasteiger partial charge is 0.496 e. The molecule has 0 aliphatic carbocycles. The van der Waals surface area contributed by atoms with E-state index in [9.17, 15) is 14.7 Å². The van der Waals surface area contributed by atoms with Crippen LogP contribution in [0.25, 0.3) is 0 Å². The second kappa shape index (κ2) is 6.35. The minimum Gasteiger partial charge on any atom is -0.496 e. The molecule has 0 aromatic heterocycles. The average molecular weight is 326 g/mol. The lowest BCUT2D eigenvalue weighted by atomic mass is 9.90. The Bertz CT molecular complexity index is 795. The molecule has 1 N–H and O–H groups in total. The molecule has 1 heterocycles. The molecule has 0 bridgehead atoms. The number of hydrogen-bond donors (Lipinski definition) is 1. The Balaban J connectivity index is 2.24. The van der Waals surface area contributed by atoms with E-state index in [-0.39, 0.29) is 11.5 Å². The Kier molecular flexibility index (Phi) is 4.25. The van der Waals surface area contributed by atoms with Crippen LogP contribution < -0.4 is 9.47 Å². The van der Waals surface area contributed by atoms with Gasteiger partial charge in [0.05, 0.1) is 19.6 Å². The van der Waals surface area contributed by atoms with Crippen molar-refractivity contribution in [3.63, 3.8) is 0 Å². The van der Waals surface area contributed by atoms with E-state index < -0.39 is 11.9 Å². The molecule has 124 valence electrons. The first kappa shape index (κ1) is 16.1. The van der Waals surface area contributed by atoms with Crippen molar-refractivity contribution in [2.75, 3.05) is 13.7 Å². The summed E-state index contributed by atoms with van der Waals surface area (Å²) in [7, 11) is 1.44. The van der Waals surface area contributed by atoms with E-state index in [0.717, 1.165) is 5.56 Å². The number of methoxy groups -OCH3 is 1. The lowest BCUT2D eigenvalue weighted by molar-refractivity contribution is -0.138. The van der Waals surface area contributed by atoms with Gasteiger partial charge in [-0.1, -0.05) is 30.3 Å². The van der Waals surface area contributed by atoms with Crippen molar-refractivity contribution >= 4 is 11.8 Å². The Morgan fingerprint density at radius 3 is 2.58 bits per heavy atom. The summed E-state index contributed by atoms with van der Waals surface area (Å²) < 4.78 is 11.1. The number of ether oxygens (including phenoxy) is 2. The molecule has 1 atom stereocenters. The number of ketones is 1. The molecule has 0 radical (unpaired) electrons. The van der Waals surface area contributed by atoms with Crippen molar-refractivity contribution in [1.82, 2.24) is 0 Å². The van der Waals surface area contributed by atoms with Crippen LogP contribution in [0.4, 0.5) is 0 Å². The third-order valence-corrected chi connectivity index (χ3v) is 4.26. The monoisotopic (exact) mass is 326 g/mol. The second-order valence-electron chi connectivity index (χ2n) is 5.72. The van der Waals surface area contributed by atoms with Gasteiger partial charge in [-0.15, -0.1) is 0 Å². The Morgan fingerprint density at radius 1 is 1.25 bits per heavy atom. The molecule has 0 fully saturated rings. The lowest BCUT2D eigenvalue weighted by Gasteiger charge is -2.18. The zero-order valence-electron chi connectivity index (χ0n) is 13.5. The van der Waals surface area contributed by atoms with Gasteiger partial charge in [0.1, 0.15) is 17.1 Å². The van der Waals surface area contributed by atoms with E-state index in [1.54, 1.807) is 37.3 Å². The maximum Gasteiger partial charge on any atom is 0.310 e. The number of rotatable bonds is 5. The summed E-state index contributed by atoms with van der Waals surface area (Å²) in [6.45, 7) is 2.05. The van der Waals surface area contributed by atoms with Gasteiger partial charge in [-0.2, -0.15) is 0 Å². The molecule has 0 saturated heterocycles. The molecule has 1 unspecified atom stereocenters. The van der Waals surface area contributed by atoms with Crippen LogP contribution in [0.15, 0.2) is 36.4 Å². The van der Waals surface area contributed by atoms with E-state index in [1.807, 2.05) is 6.07 Å². The van der Waals surface area contributed by atoms with Gasteiger partial charge in [0.2, 0.25) is 5.78 Å². The van der Waals surface area contributed by atoms with Crippen LogP contribution in [0.3, 0.4) is 0 Å². The fourth-order valence-corrected chi connectivity index (χ4v) is 2.96. The van der Waals surface area contributed by atoms with Gasteiger partial charge in [0, 0.05) is 17.5 Å². The van der Waals surface area contributed by atoms with Gasteiger partial charge in [0.25, 0.3) is 0 Å². The molecular weight excluding hydrogens is 308 g/mol. The normalized spacial score (nSPS) is 13.8. The van der Waals surface area contributed by atoms with Crippen LogP contribution in [0.5, 0.6) is 11.5 Å². The summed E-state index contributed by atoms with van der Waals surface area (Å²) in [5.74, 6) is -1.20. The van der Waals surface area contributed by atoms with E-state index in [0.29, 0.717) is 35.5 Å². The van der Waals surface area contributed by atoms with Gasteiger partial charge in [-0.25, -0.2) is 0 Å². The fourth-order valence-electron chi connectivity index (χ4n) is 2.96. The van der Waals surface area contributed by atoms with E-state index in [2.05, 4.69) is 0 Å². The molecule has 2 aromatic rings. The highest BCUT2D eigenvalue weighted by Crippen LogP contribution is 2.42. The third-order valence-electron chi connectivity index (χ3n) is 4.26. The van der Waals surface area contributed by atoms with Crippen LogP contribution >= 0.6 is 0 Å². The van der Waals surface area contributed by atoms with Crippen LogP contribution in [-0.4, -0.2) is 30.6 Å². The van der Waals surface area contributed by atoms with Gasteiger partial charge in [-0.05, 0) is 18.6 Å². The first-order chi connectivity index (χ1) is 11.5. The number of carboxylic acids is 1. The molecule has 1 aliphatic heterocycles. The van der Waals surface area contributed by atoms with Crippen molar-refractivity contribution in [2.24, 2.45) is 0 Å². The summed E-state index contributed by atoms with van der Waals surface area (Å²) in [4.78, 5) is 24.5. The maximum atomic E-state index is 13.0. The number of carbonyl (C=O) groups is 2. The Hall–Kier alpha value is -2.82. The number of carboxylic acid groups (broad SMARTS) is 1. The number of hydrogen-bond acceptors (Lipinski definition) is 4. The van der Waals surface area contributed by atoms with Crippen LogP contribution in [0.2, 0.25) is 0 Å². The van der Waals surface area contributed by atoms with E-state index >= 15 is 0 Å². The highest BCUT2D eigenvalue weighted by molar-refractivity contribution is 6.13. The van der Waals surface area contributed by atoms with Gasteiger partial charge in [-0.3, -0.25) is 9.59 Å². The molecule has 3 rings (SSSR count). The zero-order chi connectivity index (χ0) is 17.3. The summed E-state index contributed by atoms with van der Waals surface area (Å²) in [6.07, 6.45) is 0.647. The van der Waals surface area contributed by atoms with Gasteiger partial charge >= 0.3 is 5.97 Å². The topological polar surface area (TPSA) is 72.8 Å². The smallest absolute Gasteiger partial charge is 0.310 e. The first-order valence-corrected chi connectivity index (χ1v) is 7.73. The molecule has 5 nitrogen and oxygen atoms in total. The molecule has 24 heavy (non-hydrogen) atoms. The standard InChI is InChI=1S/C19H18O5/c1-11(19(21)22)14-10-13-8-9-24-17(13)15(18(14)23-2)16(20)12-6-4-3-5-7-12/h3-7,10-11H,8-9H2,1-2H3,(H,21,22). The first-order valence-electron chi connectivity index (χ1n) is 7.73. The Morgan fingerprint density at radius 2 is 1.96 bits per heavy atom. The fraction of sp³-hybridized carbons (Fsp3) is 0.263. The summed E-state index contributed by atoms with van der Waals surface area (Å²) in [5, 5.41) is 9.38. The summed E-state index contributed by atoms with van der Waals surface area (Å²) >= 11 is 0. The molecular formula is C19H18O5. The third kappa shape index (κ3) is 2.62. The van der Waals surface area contributed by atoms with Crippen molar-refractivity contribution in [3.8, 4) is 11.5 Å². The maximum absolute atomic E-state index is 13.0. The molecule has 0 spiro atoms. The van der Waals surface area contributed by atoms with Gasteiger partial charge in [0.15, 0.2) is 0 Å². The van der Waals surface area contributed by atoms with E-state index in [4.69, 9.17) is 9.47 Å². The van der Waals surface area contributed by atoms with Crippen molar-refractivity contribution in [3.05, 3.63) is 58.7 Å². The van der Waals surface area contributed by atoms with Crippen molar-refractivity contribution in [1.29, 1.82) is 0 Å². The molecule has 0 saturated carbocycles. The molecule has 5 heteroatoms. The second-order valence-corrected chi connectivity index (χ2v) is 5.72. The predicted molar refractivity (Wildman–Crippen MR) is 88.1 cm³/mol.